The topological polar surface area (TPSA) is 166 Å². The third-order valence-electron chi connectivity index (χ3n) is 7.90. The van der Waals surface area contributed by atoms with Gasteiger partial charge in [-0.2, -0.15) is 5.10 Å². The van der Waals surface area contributed by atoms with Crippen molar-refractivity contribution in [1.82, 2.24) is 45.2 Å². The van der Waals surface area contributed by atoms with E-state index >= 15 is 0 Å². The lowest BCUT2D eigenvalue weighted by Gasteiger charge is -2.24. The number of aromatic nitrogens is 6. The van der Waals surface area contributed by atoms with Crippen molar-refractivity contribution in [3.8, 4) is 34.3 Å². The Kier molecular flexibility index (Phi) is 9.83. The van der Waals surface area contributed by atoms with Crippen molar-refractivity contribution < 1.29 is 23.9 Å². The zero-order chi connectivity index (χ0) is 34.3. The molecule has 0 saturated carbocycles. The highest BCUT2D eigenvalue weighted by molar-refractivity contribution is 5.97. The largest absolute Gasteiger partial charge is 0.493 e. The summed E-state index contributed by atoms with van der Waals surface area (Å²) in [6.07, 6.45) is 4.73. The number of pyridine rings is 1. The number of ether oxygens (including phenoxy) is 2. The molecular formula is C35H35N9O5. The van der Waals surface area contributed by atoms with Gasteiger partial charge in [0.05, 0.1) is 37.5 Å². The van der Waals surface area contributed by atoms with E-state index in [0.717, 1.165) is 5.56 Å². The van der Waals surface area contributed by atoms with Gasteiger partial charge in [-0.3, -0.25) is 19.4 Å². The van der Waals surface area contributed by atoms with Crippen molar-refractivity contribution in [3.63, 3.8) is 0 Å². The molecule has 49 heavy (non-hydrogen) atoms. The van der Waals surface area contributed by atoms with Gasteiger partial charge in [-0.15, -0.1) is 0 Å². The number of nitrogens with one attached hydrogen (secondary N) is 2. The molecule has 0 spiro atoms. The molecular weight excluding hydrogens is 626 g/mol. The van der Waals surface area contributed by atoms with Crippen molar-refractivity contribution in [2.75, 3.05) is 33.4 Å². The monoisotopic (exact) mass is 661 g/mol. The molecule has 14 nitrogen and oxygen atoms in total. The molecule has 0 radical (unpaired) electrons. The Morgan fingerprint density at radius 2 is 1.78 bits per heavy atom. The number of carbonyl (C=O) groups excluding carboxylic acids is 3. The van der Waals surface area contributed by atoms with Crippen LogP contribution in [-0.4, -0.2) is 85.7 Å². The van der Waals surface area contributed by atoms with Crippen LogP contribution in [0.2, 0.25) is 0 Å². The minimum Gasteiger partial charge on any atom is -0.493 e. The minimum absolute atomic E-state index is 0.0318. The van der Waals surface area contributed by atoms with Gasteiger partial charge in [-0.05, 0) is 44.2 Å². The average molecular weight is 662 g/mol. The molecule has 250 valence electrons. The number of hydrogen-bond donors (Lipinski definition) is 2. The van der Waals surface area contributed by atoms with Gasteiger partial charge in [0.2, 0.25) is 5.91 Å². The van der Waals surface area contributed by atoms with Gasteiger partial charge in [0.25, 0.3) is 11.8 Å². The van der Waals surface area contributed by atoms with Crippen LogP contribution in [0, 0.1) is 6.92 Å². The standard InChI is InChI=1S/C35H35N9O5/c1-22-27(20-38-31(40-22)26-10-7-13-36-19-26)35(47)43-15-14-37-34(46)25-11-12-28(48-3)29(18-25)49-17-16-44-33(23(2)39-30(45)21-43)41-32(42-44)24-8-5-4-6-9-24/h4-13,18-20,23H,14-17,21H2,1-3H3,(H,37,46)(H,39,45)/t23-/m1/s1. The second-order valence-corrected chi connectivity index (χ2v) is 11.3. The Hall–Kier alpha value is -6.18. The molecule has 3 aromatic heterocycles. The molecule has 3 amide bonds. The zero-order valence-electron chi connectivity index (χ0n) is 27.3. The second kappa shape index (κ2) is 14.7. The molecule has 0 aliphatic carbocycles. The normalized spacial score (nSPS) is 15.7. The molecule has 1 aliphatic rings. The van der Waals surface area contributed by atoms with E-state index in [1.807, 2.05) is 36.4 Å². The predicted molar refractivity (Wildman–Crippen MR) is 179 cm³/mol. The summed E-state index contributed by atoms with van der Waals surface area (Å²) in [6.45, 7) is 3.78. The highest BCUT2D eigenvalue weighted by Crippen LogP contribution is 2.28. The van der Waals surface area contributed by atoms with Crippen molar-refractivity contribution in [1.29, 1.82) is 0 Å². The minimum atomic E-state index is -0.577. The molecule has 2 N–H and O–H groups in total. The number of rotatable bonds is 4. The molecule has 0 fully saturated rings. The summed E-state index contributed by atoms with van der Waals surface area (Å²) in [4.78, 5) is 59.8. The highest BCUT2D eigenvalue weighted by Gasteiger charge is 2.25. The number of nitrogens with zero attached hydrogens (tertiary/aromatic N) is 7. The molecule has 5 aromatic rings. The van der Waals surface area contributed by atoms with E-state index in [4.69, 9.17) is 19.6 Å². The number of hydrogen-bond acceptors (Lipinski definition) is 10. The van der Waals surface area contributed by atoms with E-state index in [2.05, 4.69) is 25.6 Å². The van der Waals surface area contributed by atoms with E-state index in [0.29, 0.717) is 45.8 Å². The maximum absolute atomic E-state index is 13.9. The summed E-state index contributed by atoms with van der Waals surface area (Å²) >= 11 is 0. The predicted octanol–water partition coefficient (Wildman–Crippen LogP) is 3.26. The smallest absolute Gasteiger partial charge is 0.257 e. The Bertz CT molecular complexity index is 1970. The zero-order valence-corrected chi connectivity index (χ0v) is 27.3. The average Bonchev–Trinajstić information content (AvgIpc) is 3.55. The van der Waals surface area contributed by atoms with Gasteiger partial charge in [0.15, 0.2) is 23.1 Å². The Morgan fingerprint density at radius 1 is 0.959 bits per heavy atom. The number of fused-ring (bicyclic) bond motifs is 3. The third-order valence-corrected chi connectivity index (χ3v) is 7.90. The highest BCUT2D eigenvalue weighted by atomic mass is 16.5. The maximum atomic E-state index is 13.9. The summed E-state index contributed by atoms with van der Waals surface area (Å²) in [5.41, 5.74) is 2.53. The van der Waals surface area contributed by atoms with Gasteiger partial charge in [-0.1, -0.05) is 30.3 Å². The molecule has 6 rings (SSSR count). The van der Waals surface area contributed by atoms with Crippen molar-refractivity contribution >= 4 is 17.7 Å². The van der Waals surface area contributed by atoms with Crippen molar-refractivity contribution in [2.45, 2.75) is 26.4 Å². The van der Waals surface area contributed by atoms with Gasteiger partial charge in [-0.25, -0.2) is 19.6 Å². The molecule has 4 heterocycles. The molecule has 1 atom stereocenters. The van der Waals surface area contributed by atoms with Crippen LogP contribution in [0.25, 0.3) is 22.8 Å². The maximum Gasteiger partial charge on any atom is 0.257 e. The van der Waals surface area contributed by atoms with Crippen LogP contribution < -0.4 is 20.1 Å². The summed E-state index contributed by atoms with van der Waals surface area (Å²) in [7, 11) is 1.52. The summed E-state index contributed by atoms with van der Waals surface area (Å²) in [6, 6.07) is 17.4. The van der Waals surface area contributed by atoms with Gasteiger partial charge in [0.1, 0.15) is 12.4 Å². The fourth-order valence-corrected chi connectivity index (χ4v) is 5.39. The van der Waals surface area contributed by atoms with Crippen molar-refractivity contribution in [3.05, 3.63) is 102 Å². The van der Waals surface area contributed by atoms with Gasteiger partial charge >= 0.3 is 0 Å². The first-order chi connectivity index (χ1) is 23.8. The van der Waals surface area contributed by atoms with E-state index < -0.39 is 17.9 Å². The molecule has 2 bridgehead atoms. The van der Waals surface area contributed by atoms with Crippen LogP contribution in [0.1, 0.15) is 45.2 Å². The third kappa shape index (κ3) is 7.53. The lowest BCUT2D eigenvalue weighted by molar-refractivity contribution is -0.122. The van der Waals surface area contributed by atoms with Crippen LogP contribution in [0.5, 0.6) is 11.5 Å². The molecule has 2 aromatic carbocycles. The van der Waals surface area contributed by atoms with Crippen LogP contribution in [-0.2, 0) is 11.3 Å². The van der Waals surface area contributed by atoms with Crippen LogP contribution in [0.15, 0.2) is 79.3 Å². The Morgan fingerprint density at radius 3 is 2.53 bits per heavy atom. The SMILES string of the molecule is COc1ccc2cc1OCCn1nc(-c3ccccc3)nc1[C@@H](C)NC(=O)CN(C(=O)c1cnc(-c3cccnc3)nc1C)CCNC2=O. The van der Waals surface area contributed by atoms with Crippen LogP contribution in [0.3, 0.4) is 0 Å². The summed E-state index contributed by atoms with van der Waals surface area (Å²) in [5.74, 6) is 0.997. The summed E-state index contributed by atoms with van der Waals surface area (Å²) in [5, 5.41) is 10.5. The van der Waals surface area contributed by atoms with E-state index in [-0.39, 0.29) is 44.3 Å². The second-order valence-electron chi connectivity index (χ2n) is 11.3. The first-order valence-corrected chi connectivity index (χ1v) is 15.7. The number of methoxy groups -OCH3 is 1. The Balaban J connectivity index is 1.31. The van der Waals surface area contributed by atoms with E-state index in [9.17, 15) is 14.4 Å². The molecule has 0 saturated heterocycles. The van der Waals surface area contributed by atoms with Crippen molar-refractivity contribution in [2.24, 2.45) is 0 Å². The van der Waals surface area contributed by atoms with Gasteiger partial charge < -0.3 is 25.0 Å². The number of amides is 3. The number of benzene rings is 2. The molecule has 1 aliphatic heterocycles. The first-order valence-electron chi connectivity index (χ1n) is 15.7. The quantitative estimate of drug-likeness (QED) is 0.292. The fraction of sp³-hybridized carbons (Fsp3) is 0.257. The van der Waals surface area contributed by atoms with E-state index in [1.54, 1.807) is 55.2 Å². The number of carbonyl (C=O) groups is 3. The number of aryl methyl sites for hydroxylation is 1. The fourth-order valence-electron chi connectivity index (χ4n) is 5.39. The van der Waals surface area contributed by atoms with Gasteiger partial charge in [0, 0.05) is 48.4 Å². The molecule has 0 unspecified atom stereocenters. The molecule has 14 heteroatoms. The summed E-state index contributed by atoms with van der Waals surface area (Å²) < 4.78 is 13.2. The lowest BCUT2D eigenvalue weighted by atomic mass is 10.1. The lowest BCUT2D eigenvalue weighted by Crippen LogP contribution is -2.45. The first kappa shape index (κ1) is 32.7. The van der Waals surface area contributed by atoms with Crippen LogP contribution >= 0.6 is 0 Å². The Labute approximate surface area is 282 Å². The van der Waals surface area contributed by atoms with E-state index in [1.165, 1.54) is 18.2 Å². The van der Waals surface area contributed by atoms with Crippen LogP contribution in [0.4, 0.5) is 0 Å².